The van der Waals surface area contributed by atoms with Crippen LogP contribution in [0.15, 0.2) is 88.0 Å². The summed E-state index contributed by atoms with van der Waals surface area (Å²) < 4.78 is 32.9. The minimum Gasteiger partial charge on any atom is -0.477 e. The summed E-state index contributed by atoms with van der Waals surface area (Å²) in [5.41, 5.74) is 18.3. The number of benzene rings is 2. The van der Waals surface area contributed by atoms with Gasteiger partial charge in [-0.1, -0.05) is 54.2 Å². The molecule has 2 aliphatic rings. The number of aromatic nitrogens is 5. The number of amides is 5. The highest BCUT2D eigenvalue weighted by Gasteiger charge is 2.57. The standard InChI is InChI=1S/C37H39N11O11S3/c1-19(49)47(32(52)25(38)12-14-27(39)50)24-10-7-20(8-11-24)26-13-9-22(31(51)41-26)15-45(33(53)28(40)21-5-3-2-4-6-21)30-34(54)48-29(36(55)56)23(16-60-35(30)48)17-61-37-42-43-44-46(37)18-62(57,58)59/h2-11,13,25,28,30,35H,12,14-18,38,40H2,1H3,(H2,39,50)(H,41,51)(H,55,56)(H,57,58,59)/t25-,28?,30?,35-/m0/s1. The molecule has 2 aromatic heterocycles. The van der Waals surface area contributed by atoms with Crippen LogP contribution in [0.4, 0.5) is 5.69 Å². The second-order valence-corrected chi connectivity index (χ2v) is 17.5. The van der Waals surface area contributed by atoms with Crippen molar-refractivity contribution in [3.05, 3.63) is 99.5 Å². The average Bonchev–Trinajstić information content (AvgIpc) is 3.66. The summed E-state index contributed by atoms with van der Waals surface area (Å²) in [5.74, 6) is -5.83. The normalized spacial score (nSPS) is 17.1. The van der Waals surface area contributed by atoms with E-state index in [2.05, 4.69) is 20.5 Å². The Bertz CT molecular complexity index is 2620. The molecule has 2 aromatic carbocycles. The first-order valence-corrected chi connectivity index (χ1v) is 22.1. The van der Waals surface area contributed by atoms with E-state index in [1.54, 1.807) is 48.5 Å². The fourth-order valence-electron chi connectivity index (χ4n) is 6.73. The van der Waals surface area contributed by atoms with Crippen LogP contribution in [0.25, 0.3) is 11.3 Å². The Labute approximate surface area is 360 Å². The number of aromatic amines is 1. The summed E-state index contributed by atoms with van der Waals surface area (Å²) in [5, 5.41) is 20.0. The van der Waals surface area contributed by atoms with Crippen molar-refractivity contribution in [2.45, 2.75) is 60.8 Å². The highest BCUT2D eigenvalue weighted by molar-refractivity contribution is 8.01. The lowest BCUT2D eigenvalue weighted by molar-refractivity contribution is -0.161. The average molecular weight is 910 g/mol. The van der Waals surface area contributed by atoms with Crippen LogP contribution in [-0.4, -0.2) is 118 Å². The van der Waals surface area contributed by atoms with E-state index in [1.165, 1.54) is 36.9 Å². The summed E-state index contributed by atoms with van der Waals surface area (Å²) in [7, 11) is -4.50. The summed E-state index contributed by atoms with van der Waals surface area (Å²) in [6, 6.07) is 13.7. The molecule has 2 aliphatic heterocycles. The number of anilines is 1. The van der Waals surface area contributed by atoms with E-state index in [0.29, 0.717) is 16.8 Å². The van der Waals surface area contributed by atoms with Gasteiger partial charge in [-0.2, -0.15) is 8.42 Å². The topological polar surface area (TPSA) is 341 Å². The SMILES string of the molecule is CC(=O)N(C(=O)[C@@H](N)CCC(N)=O)c1ccc(-c2ccc(CN(C(=O)C(N)c3ccccc3)C3C(=O)N4C(C(=O)O)=C(CSc5nnnn5CS(=O)(=O)O)CS[C@@H]34)c(=O)[nH]2)cc1. The number of aliphatic carboxylic acids is 1. The van der Waals surface area contributed by atoms with Crippen LogP contribution in [-0.2, 0) is 51.3 Å². The Morgan fingerprint density at radius 3 is 2.32 bits per heavy atom. The summed E-state index contributed by atoms with van der Waals surface area (Å²) in [4.78, 5) is 97.1. The molecule has 326 valence electrons. The number of pyridine rings is 1. The fourth-order valence-corrected chi connectivity index (χ4v) is 9.73. The third-order valence-electron chi connectivity index (χ3n) is 9.75. The van der Waals surface area contributed by atoms with Crippen LogP contribution in [0.2, 0.25) is 0 Å². The Hall–Kier alpha value is -6.25. The molecule has 62 heavy (non-hydrogen) atoms. The first kappa shape index (κ1) is 45.3. The minimum absolute atomic E-state index is 0.0359. The number of carboxylic acids is 1. The molecule has 5 amide bonds. The van der Waals surface area contributed by atoms with E-state index in [-0.39, 0.29) is 52.0 Å². The zero-order valence-corrected chi connectivity index (χ0v) is 35.0. The van der Waals surface area contributed by atoms with Gasteiger partial charge in [0.2, 0.25) is 22.9 Å². The third kappa shape index (κ3) is 9.93. The van der Waals surface area contributed by atoms with E-state index in [1.807, 2.05) is 0 Å². The van der Waals surface area contributed by atoms with E-state index in [9.17, 15) is 51.6 Å². The van der Waals surface area contributed by atoms with Crippen molar-refractivity contribution in [3.8, 4) is 11.3 Å². The largest absolute Gasteiger partial charge is 0.477 e. The lowest BCUT2D eigenvalue weighted by Gasteiger charge is -2.53. The van der Waals surface area contributed by atoms with Crippen molar-refractivity contribution in [2.24, 2.45) is 17.2 Å². The maximum atomic E-state index is 14.3. The first-order chi connectivity index (χ1) is 29.4. The lowest BCUT2D eigenvalue weighted by Crippen LogP contribution is -2.71. The van der Waals surface area contributed by atoms with Gasteiger partial charge in [0.05, 0.1) is 18.3 Å². The molecule has 4 atom stereocenters. The molecule has 1 fully saturated rings. The van der Waals surface area contributed by atoms with Gasteiger partial charge in [0.15, 0.2) is 5.88 Å². The molecule has 2 unspecified atom stereocenters. The molecule has 4 heterocycles. The molecule has 9 N–H and O–H groups in total. The van der Waals surface area contributed by atoms with Crippen molar-refractivity contribution >= 4 is 74.8 Å². The van der Waals surface area contributed by atoms with Gasteiger partial charge in [-0.15, -0.1) is 16.9 Å². The van der Waals surface area contributed by atoms with E-state index < -0.39 is 87.1 Å². The zero-order chi connectivity index (χ0) is 45.0. The second kappa shape index (κ2) is 18.8. The third-order valence-corrected chi connectivity index (χ3v) is 12.7. The van der Waals surface area contributed by atoms with E-state index in [0.717, 1.165) is 31.1 Å². The number of carbonyl (C=O) groups excluding carboxylic acids is 5. The predicted molar refractivity (Wildman–Crippen MR) is 223 cm³/mol. The van der Waals surface area contributed by atoms with Crippen LogP contribution in [0.3, 0.4) is 0 Å². The maximum Gasteiger partial charge on any atom is 0.352 e. The molecular formula is C37H39N11O11S3. The van der Waals surface area contributed by atoms with Gasteiger partial charge >= 0.3 is 5.97 Å². The molecule has 6 rings (SSSR count). The van der Waals surface area contributed by atoms with Crippen LogP contribution < -0.4 is 27.7 Å². The number of nitrogens with two attached hydrogens (primary N) is 3. The van der Waals surface area contributed by atoms with Crippen LogP contribution in [0, 0.1) is 0 Å². The van der Waals surface area contributed by atoms with Crippen molar-refractivity contribution in [3.63, 3.8) is 0 Å². The predicted octanol–water partition coefficient (Wildman–Crippen LogP) is -0.211. The van der Waals surface area contributed by atoms with E-state index in [4.69, 9.17) is 17.2 Å². The van der Waals surface area contributed by atoms with Crippen molar-refractivity contribution in [2.75, 3.05) is 16.4 Å². The summed E-state index contributed by atoms with van der Waals surface area (Å²) in [6.45, 7) is 0.783. The van der Waals surface area contributed by atoms with Crippen LogP contribution in [0.1, 0.15) is 36.9 Å². The molecule has 0 bridgehead atoms. The van der Waals surface area contributed by atoms with Gasteiger partial charge in [0, 0.05) is 36.1 Å². The Balaban J connectivity index is 1.25. The van der Waals surface area contributed by atoms with Gasteiger partial charge in [0.25, 0.3) is 27.5 Å². The molecule has 22 nitrogen and oxygen atoms in total. The lowest BCUT2D eigenvalue weighted by atomic mass is 9.98. The van der Waals surface area contributed by atoms with Gasteiger partial charge in [0.1, 0.15) is 23.2 Å². The monoisotopic (exact) mass is 909 g/mol. The Kier molecular flexibility index (Phi) is 13.7. The van der Waals surface area contributed by atoms with Gasteiger partial charge in [-0.25, -0.2) is 14.4 Å². The van der Waals surface area contributed by atoms with Crippen LogP contribution in [0.5, 0.6) is 0 Å². The molecule has 0 spiro atoms. The zero-order valence-electron chi connectivity index (χ0n) is 32.6. The fraction of sp³-hybridized carbons (Fsp3) is 0.297. The number of rotatable bonds is 17. The quantitative estimate of drug-likeness (QED) is 0.0453. The molecule has 25 heteroatoms. The minimum atomic E-state index is -4.50. The Morgan fingerprint density at radius 2 is 1.71 bits per heavy atom. The maximum absolute atomic E-state index is 14.3. The number of hydrogen-bond donors (Lipinski definition) is 6. The number of imide groups is 1. The highest BCUT2D eigenvalue weighted by Crippen LogP contribution is 2.44. The highest BCUT2D eigenvalue weighted by atomic mass is 32.2. The van der Waals surface area contributed by atoms with Gasteiger partial charge < -0.3 is 32.2 Å². The number of tetrazole rings is 1. The van der Waals surface area contributed by atoms with E-state index >= 15 is 0 Å². The molecule has 4 aromatic rings. The summed E-state index contributed by atoms with van der Waals surface area (Å²) >= 11 is 2.06. The number of nitrogens with zero attached hydrogens (tertiary/aromatic N) is 7. The molecule has 0 aliphatic carbocycles. The van der Waals surface area contributed by atoms with Gasteiger partial charge in [-0.05, 0) is 57.8 Å². The van der Waals surface area contributed by atoms with Crippen LogP contribution >= 0.6 is 23.5 Å². The molecule has 0 radical (unpaired) electrons. The van der Waals surface area contributed by atoms with Crippen molar-refractivity contribution < 1.29 is 46.8 Å². The number of β-lactam (4-membered cyclic amide) rings is 1. The molecular weight excluding hydrogens is 871 g/mol. The smallest absolute Gasteiger partial charge is 0.352 e. The number of fused-ring (bicyclic) bond motifs is 1. The Morgan fingerprint density at radius 1 is 1.02 bits per heavy atom. The second-order valence-electron chi connectivity index (χ2n) is 14.0. The number of primary amides is 1. The first-order valence-electron chi connectivity index (χ1n) is 18.4. The number of H-pyrrole nitrogens is 1. The number of nitrogens with one attached hydrogen (secondary N) is 1. The summed E-state index contributed by atoms with van der Waals surface area (Å²) in [6.07, 6.45) is -0.210. The number of hydrogen-bond acceptors (Lipinski definition) is 16. The van der Waals surface area contributed by atoms with Crippen molar-refractivity contribution in [1.82, 2.24) is 35.0 Å². The number of carboxylic acid groups (broad SMARTS) is 1. The van der Waals surface area contributed by atoms with Crippen molar-refractivity contribution in [1.29, 1.82) is 0 Å². The number of thioether (sulfide) groups is 2. The molecule has 1 saturated heterocycles. The number of carbonyl (C=O) groups is 6. The van der Waals surface area contributed by atoms with Gasteiger partial charge in [-0.3, -0.25) is 38.2 Å². The molecule has 0 saturated carbocycles.